The van der Waals surface area contributed by atoms with Crippen molar-refractivity contribution in [2.45, 2.75) is 59.7 Å². The average Bonchev–Trinajstić information content (AvgIpc) is 2.76. The lowest BCUT2D eigenvalue weighted by atomic mass is 10.1. The van der Waals surface area contributed by atoms with Crippen LogP contribution >= 0.6 is 11.6 Å². The van der Waals surface area contributed by atoms with Gasteiger partial charge in [0.15, 0.2) is 0 Å². The Kier molecular flexibility index (Phi) is 9.53. The molecule has 0 heterocycles. The van der Waals surface area contributed by atoms with Crippen LogP contribution in [0.1, 0.15) is 43.9 Å². The monoisotopic (exact) mass is 507 g/mol. The van der Waals surface area contributed by atoms with E-state index in [1.54, 1.807) is 38.1 Å². The number of carbonyl (C=O) groups excluding carboxylic acids is 2. The van der Waals surface area contributed by atoms with Crippen LogP contribution in [0, 0.1) is 13.8 Å². The lowest BCUT2D eigenvalue weighted by molar-refractivity contribution is -0.139. The second-order valence-electron chi connectivity index (χ2n) is 8.70. The van der Waals surface area contributed by atoms with Gasteiger partial charge in [0.2, 0.25) is 21.8 Å². The summed E-state index contributed by atoms with van der Waals surface area (Å²) in [7, 11) is -3.77. The molecule has 2 aromatic rings. The lowest BCUT2D eigenvalue weighted by Gasteiger charge is -2.32. The van der Waals surface area contributed by atoms with Gasteiger partial charge in [-0.3, -0.25) is 13.9 Å². The number of nitrogens with one attached hydrogen (secondary N) is 1. The van der Waals surface area contributed by atoms with Gasteiger partial charge in [-0.1, -0.05) is 42.8 Å². The number of hydrogen-bond donors (Lipinski definition) is 1. The normalized spacial score (nSPS) is 13.1. The number of aryl methyl sites for hydroxylation is 2. The molecule has 34 heavy (non-hydrogen) atoms. The Morgan fingerprint density at radius 2 is 1.76 bits per heavy atom. The molecule has 0 fully saturated rings. The van der Waals surface area contributed by atoms with Gasteiger partial charge in [0.05, 0.1) is 11.9 Å². The predicted molar refractivity (Wildman–Crippen MR) is 137 cm³/mol. The smallest absolute Gasteiger partial charge is 0.244 e. The maximum atomic E-state index is 13.6. The molecule has 9 heteroatoms. The summed E-state index contributed by atoms with van der Waals surface area (Å²) in [6.07, 6.45) is 1.82. The van der Waals surface area contributed by atoms with Crippen LogP contribution in [-0.2, 0) is 26.2 Å². The van der Waals surface area contributed by atoms with Crippen molar-refractivity contribution in [2.24, 2.45) is 0 Å². The molecule has 2 aromatic carbocycles. The Bertz CT molecular complexity index is 1140. The van der Waals surface area contributed by atoms with Crippen molar-refractivity contribution in [3.05, 3.63) is 64.2 Å². The van der Waals surface area contributed by atoms with Crippen LogP contribution in [0.4, 0.5) is 5.69 Å². The first-order valence-corrected chi connectivity index (χ1v) is 13.4. The molecule has 0 aromatic heterocycles. The highest BCUT2D eigenvalue weighted by molar-refractivity contribution is 7.92. The zero-order chi connectivity index (χ0) is 25.6. The van der Waals surface area contributed by atoms with Gasteiger partial charge in [-0.25, -0.2) is 8.42 Å². The number of sulfonamides is 1. The van der Waals surface area contributed by atoms with Gasteiger partial charge >= 0.3 is 0 Å². The molecule has 0 bridgehead atoms. The number of halogens is 1. The standard InChI is InChI=1S/C25H34ClN3O4S/c1-7-19(4)27-25(31)20(5)28(15-21-9-8-10-22(26)14-21)24(30)16-29(34(6,32)33)23-13-17(2)11-12-18(23)3/h8-14,19-20H,7,15-16H2,1-6H3,(H,27,31)/t19-,20+/m1/s1. The van der Waals surface area contributed by atoms with E-state index in [1.807, 2.05) is 39.0 Å². The van der Waals surface area contributed by atoms with Crippen molar-refractivity contribution in [2.75, 3.05) is 17.1 Å². The summed E-state index contributed by atoms with van der Waals surface area (Å²) in [5.41, 5.74) is 2.78. The Hall–Kier alpha value is -2.58. The molecule has 0 aliphatic carbocycles. The van der Waals surface area contributed by atoms with Gasteiger partial charge in [0.1, 0.15) is 12.6 Å². The van der Waals surface area contributed by atoms with E-state index in [0.717, 1.165) is 33.7 Å². The maximum absolute atomic E-state index is 13.6. The van der Waals surface area contributed by atoms with Gasteiger partial charge in [0.25, 0.3) is 0 Å². The molecule has 0 spiro atoms. The first-order valence-electron chi connectivity index (χ1n) is 11.2. The summed E-state index contributed by atoms with van der Waals surface area (Å²) >= 11 is 6.12. The predicted octanol–water partition coefficient (Wildman–Crippen LogP) is 4.05. The minimum atomic E-state index is -3.77. The largest absolute Gasteiger partial charge is 0.352 e. The molecule has 2 rings (SSSR count). The number of benzene rings is 2. The summed E-state index contributed by atoms with van der Waals surface area (Å²) < 4.78 is 26.5. The number of carbonyl (C=O) groups is 2. The molecule has 1 N–H and O–H groups in total. The highest BCUT2D eigenvalue weighted by Gasteiger charge is 2.31. The second kappa shape index (κ2) is 11.7. The van der Waals surface area contributed by atoms with Crippen molar-refractivity contribution in [3.63, 3.8) is 0 Å². The fourth-order valence-corrected chi connectivity index (χ4v) is 4.57. The van der Waals surface area contributed by atoms with E-state index in [0.29, 0.717) is 10.7 Å². The van der Waals surface area contributed by atoms with E-state index >= 15 is 0 Å². The van der Waals surface area contributed by atoms with Crippen LogP contribution in [0.3, 0.4) is 0 Å². The van der Waals surface area contributed by atoms with E-state index in [4.69, 9.17) is 11.6 Å². The van der Waals surface area contributed by atoms with Crippen molar-refractivity contribution in [1.82, 2.24) is 10.2 Å². The van der Waals surface area contributed by atoms with Crippen LogP contribution in [-0.4, -0.2) is 50.0 Å². The van der Waals surface area contributed by atoms with Crippen molar-refractivity contribution < 1.29 is 18.0 Å². The van der Waals surface area contributed by atoms with Gasteiger partial charge in [0, 0.05) is 17.6 Å². The average molecular weight is 508 g/mol. The van der Waals surface area contributed by atoms with Gasteiger partial charge in [-0.2, -0.15) is 0 Å². The molecule has 186 valence electrons. The van der Waals surface area contributed by atoms with Crippen LogP contribution in [0.25, 0.3) is 0 Å². The fraction of sp³-hybridized carbons (Fsp3) is 0.440. The van der Waals surface area contributed by atoms with E-state index in [-0.39, 0.29) is 18.5 Å². The molecule has 2 atom stereocenters. The highest BCUT2D eigenvalue weighted by Crippen LogP contribution is 2.25. The van der Waals surface area contributed by atoms with Crippen molar-refractivity contribution >= 4 is 39.1 Å². The Morgan fingerprint density at radius 3 is 2.35 bits per heavy atom. The molecule has 0 saturated carbocycles. The quantitative estimate of drug-likeness (QED) is 0.525. The summed E-state index contributed by atoms with van der Waals surface area (Å²) in [4.78, 5) is 27.9. The number of hydrogen-bond acceptors (Lipinski definition) is 4. The second-order valence-corrected chi connectivity index (χ2v) is 11.0. The molecule has 0 radical (unpaired) electrons. The minimum absolute atomic E-state index is 0.0551. The number of nitrogens with zero attached hydrogens (tertiary/aromatic N) is 2. The molecule has 0 unspecified atom stereocenters. The third-order valence-electron chi connectivity index (χ3n) is 5.72. The van der Waals surface area contributed by atoms with Gasteiger partial charge < -0.3 is 10.2 Å². The van der Waals surface area contributed by atoms with Crippen molar-refractivity contribution in [1.29, 1.82) is 0 Å². The van der Waals surface area contributed by atoms with Crippen LogP contribution < -0.4 is 9.62 Å². The van der Waals surface area contributed by atoms with Gasteiger partial charge in [-0.15, -0.1) is 0 Å². The first kappa shape index (κ1) is 27.7. The summed E-state index contributed by atoms with van der Waals surface area (Å²) in [6.45, 7) is 8.83. The van der Waals surface area contributed by atoms with E-state index in [1.165, 1.54) is 4.90 Å². The molecule has 0 saturated heterocycles. The fourth-order valence-electron chi connectivity index (χ4n) is 3.46. The Morgan fingerprint density at radius 1 is 1.09 bits per heavy atom. The Balaban J connectivity index is 2.43. The zero-order valence-electron chi connectivity index (χ0n) is 20.6. The third-order valence-corrected chi connectivity index (χ3v) is 7.08. The van der Waals surface area contributed by atoms with Gasteiger partial charge in [-0.05, 0) is 69.0 Å². The first-order chi connectivity index (χ1) is 15.8. The molecule has 7 nitrogen and oxygen atoms in total. The molecular formula is C25H34ClN3O4S. The topological polar surface area (TPSA) is 86.8 Å². The molecular weight excluding hydrogens is 474 g/mol. The third kappa shape index (κ3) is 7.46. The van der Waals surface area contributed by atoms with Crippen LogP contribution in [0.5, 0.6) is 0 Å². The summed E-state index contributed by atoms with van der Waals surface area (Å²) in [5, 5.41) is 3.41. The number of anilines is 1. The number of rotatable bonds is 10. The van der Waals surface area contributed by atoms with Crippen LogP contribution in [0.15, 0.2) is 42.5 Å². The van der Waals surface area contributed by atoms with Crippen molar-refractivity contribution in [3.8, 4) is 0 Å². The van der Waals surface area contributed by atoms with E-state index in [2.05, 4.69) is 5.32 Å². The molecule has 0 aliphatic rings. The van der Waals surface area contributed by atoms with E-state index in [9.17, 15) is 18.0 Å². The highest BCUT2D eigenvalue weighted by atomic mass is 35.5. The van der Waals surface area contributed by atoms with Crippen LogP contribution in [0.2, 0.25) is 5.02 Å². The van der Waals surface area contributed by atoms with E-state index < -0.39 is 28.5 Å². The lowest BCUT2D eigenvalue weighted by Crippen LogP contribution is -2.52. The number of amides is 2. The molecule has 0 aliphatic heterocycles. The maximum Gasteiger partial charge on any atom is 0.244 e. The minimum Gasteiger partial charge on any atom is -0.352 e. The summed E-state index contributed by atoms with van der Waals surface area (Å²) in [5.74, 6) is -0.791. The SMILES string of the molecule is CC[C@@H](C)NC(=O)[C@H](C)N(Cc1cccc(Cl)c1)C(=O)CN(c1cc(C)ccc1C)S(C)(=O)=O. The zero-order valence-corrected chi connectivity index (χ0v) is 22.2. The Labute approximate surface area is 208 Å². The molecule has 2 amide bonds. The summed E-state index contributed by atoms with van der Waals surface area (Å²) in [6, 6.07) is 11.6.